The molecule has 1 unspecified atom stereocenters. The van der Waals surface area contributed by atoms with Crippen LogP contribution in [-0.2, 0) is 14.3 Å². The van der Waals surface area contributed by atoms with E-state index in [-0.39, 0.29) is 23.0 Å². The number of nitrogens with zero attached hydrogens (tertiary/aromatic N) is 1. The monoisotopic (exact) mass is 366 g/mol. The van der Waals surface area contributed by atoms with Crippen LogP contribution in [-0.4, -0.2) is 53.8 Å². The number of carbonyl (C=O) groups excluding carboxylic acids is 2. The number of esters is 1. The molecule has 6 heteroatoms. The van der Waals surface area contributed by atoms with Gasteiger partial charge in [0.25, 0.3) is 0 Å². The highest BCUT2D eigenvalue weighted by Gasteiger charge is 2.56. The molecule has 0 aromatic rings. The van der Waals surface area contributed by atoms with Crippen molar-refractivity contribution < 1.29 is 19.1 Å². The van der Waals surface area contributed by atoms with E-state index >= 15 is 0 Å². The van der Waals surface area contributed by atoms with E-state index in [9.17, 15) is 9.59 Å². The minimum Gasteiger partial charge on any atom is -0.466 e. The molecule has 0 bridgehead atoms. The van der Waals surface area contributed by atoms with Crippen molar-refractivity contribution in [3.63, 3.8) is 0 Å². The predicted molar refractivity (Wildman–Crippen MR) is 98.8 cm³/mol. The molecule has 0 aromatic carbocycles. The van der Waals surface area contributed by atoms with Gasteiger partial charge in [-0.3, -0.25) is 4.79 Å². The largest absolute Gasteiger partial charge is 0.466 e. The third-order valence-electron chi connectivity index (χ3n) is 6.15. The third kappa shape index (κ3) is 4.33. The first kappa shape index (κ1) is 19.5. The third-order valence-corrected chi connectivity index (χ3v) is 6.15. The molecule has 0 radical (unpaired) electrons. The zero-order chi connectivity index (χ0) is 19.0. The second kappa shape index (κ2) is 7.02. The molecule has 1 heterocycles. The molecule has 3 rings (SSSR count). The molecule has 3 aliphatic rings. The number of likely N-dealkylation sites (tertiary alicyclic amines) is 1. The highest BCUT2D eigenvalue weighted by atomic mass is 16.6. The van der Waals surface area contributed by atoms with Crippen molar-refractivity contribution in [1.82, 2.24) is 10.2 Å². The quantitative estimate of drug-likeness (QED) is 0.731. The molecule has 2 atom stereocenters. The van der Waals surface area contributed by atoms with E-state index in [1.807, 2.05) is 32.6 Å². The Morgan fingerprint density at radius 2 is 1.92 bits per heavy atom. The summed E-state index contributed by atoms with van der Waals surface area (Å²) in [5, 5.41) is 3.86. The van der Waals surface area contributed by atoms with Crippen LogP contribution >= 0.6 is 0 Å². The molecule has 6 nitrogen and oxygen atoms in total. The van der Waals surface area contributed by atoms with Crippen molar-refractivity contribution in [1.29, 1.82) is 0 Å². The van der Waals surface area contributed by atoms with Crippen molar-refractivity contribution in [3.8, 4) is 0 Å². The fourth-order valence-corrected chi connectivity index (χ4v) is 4.35. The average Bonchev–Trinajstić information content (AvgIpc) is 3.14. The summed E-state index contributed by atoms with van der Waals surface area (Å²) in [6.45, 7) is 9.58. The summed E-state index contributed by atoms with van der Waals surface area (Å²) in [6, 6.07) is 0.444. The summed E-state index contributed by atoms with van der Waals surface area (Å²) >= 11 is 0. The first-order valence-corrected chi connectivity index (χ1v) is 10.1. The van der Waals surface area contributed by atoms with Crippen molar-refractivity contribution in [3.05, 3.63) is 0 Å². The van der Waals surface area contributed by atoms with Crippen LogP contribution in [0.2, 0.25) is 0 Å². The molecule has 2 saturated carbocycles. The van der Waals surface area contributed by atoms with E-state index in [0.29, 0.717) is 19.1 Å². The molecule has 1 amide bonds. The summed E-state index contributed by atoms with van der Waals surface area (Å²) in [6.07, 6.45) is 6.78. The first-order chi connectivity index (χ1) is 12.2. The van der Waals surface area contributed by atoms with E-state index in [4.69, 9.17) is 9.47 Å². The van der Waals surface area contributed by atoms with Crippen LogP contribution < -0.4 is 5.32 Å². The Labute approximate surface area is 157 Å². The van der Waals surface area contributed by atoms with Gasteiger partial charge in [0.1, 0.15) is 5.60 Å². The number of ether oxygens (including phenoxy) is 2. The van der Waals surface area contributed by atoms with Crippen LogP contribution in [0.5, 0.6) is 0 Å². The van der Waals surface area contributed by atoms with Gasteiger partial charge in [-0.15, -0.1) is 0 Å². The van der Waals surface area contributed by atoms with Crippen LogP contribution in [0.3, 0.4) is 0 Å². The van der Waals surface area contributed by atoms with Crippen LogP contribution in [0.25, 0.3) is 0 Å². The smallest absolute Gasteiger partial charge is 0.410 e. The maximum atomic E-state index is 12.4. The average molecular weight is 367 g/mol. The van der Waals surface area contributed by atoms with Crippen LogP contribution in [0.1, 0.15) is 72.6 Å². The fourth-order valence-electron chi connectivity index (χ4n) is 4.35. The van der Waals surface area contributed by atoms with Gasteiger partial charge in [0.15, 0.2) is 0 Å². The molecule has 0 aromatic heterocycles. The summed E-state index contributed by atoms with van der Waals surface area (Å²) in [7, 11) is 0. The predicted octanol–water partition coefficient (Wildman–Crippen LogP) is 3.24. The normalized spacial score (nSPS) is 29.4. The van der Waals surface area contributed by atoms with E-state index in [1.54, 1.807) is 0 Å². The van der Waals surface area contributed by atoms with Gasteiger partial charge < -0.3 is 19.7 Å². The molecule has 1 N–H and O–H groups in total. The van der Waals surface area contributed by atoms with Gasteiger partial charge in [-0.1, -0.05) is 0 Å². The number of hydrogen-bond donors (Lipinski definition) is 1. The molecule has 3 fully saturated rings. The van der Waals surface area contributed by atoms with Gasteiger partial charge in [0.05, 0.1) is 6.61 Å². The maximum Gasteiger partial charge on any atom is 0.410 e. The second-order valence-corrected chi connectivity index (χ2v) is 9.34. The minimum absolute atomic E-state index is 0.0964. The number of carbonyl (C=O) groups is 2. The molecule has 1 spiro atoms. The molecular formula is C20H34N2O4. The lowest BCUT2D eigenvalue weighted by molar-refractivity contribution is -0.143. The zero-order valence-electron chi connectivity index (χ0n) is 16.7. The molecule has 1 aliphatic heterocycles. The lowest BCUT2D eigenvalue weighted by Crippen LogP contribution is -2.58. The topological polar surface area (TPSA) is 67.9 Å². The summed E-state index contributed by atoms with van der Waals surface area (Å²) < 4.78 is 10.6. The maximum absolute atomic E-state index is 12.4. The lowest BCUT2D eigenvalue weighted by atomic mass is 9.63. The van der Waals surface area contributed by atoms with Gasteiger partial charge in [-0.05, 0) is 66.2 Å². The Balaban J connectivity index is 1.50. The van der Waals surface area contributed by atoms with Crippen molar-refractivity contribution in [2.75, 3.05) is 19.7 Å². The second-order valence-electron chi connectivity index (χ2n) is 9.34. The summed E-state index contributed by atoms with van der Waals surface area (Å²) in [4.78, 5) is 25.9. The first-order valence-electron chi connectivity index (χ1n) is 10.1. The van der Waals surface area contributed by atoms with E-state index < -0.39 is 5.60 Å². The molecule has 148 valence electrons. The Morgan fingerprint density at radius 1 is 1.19 bits per heavy atom. The van der Waals surface area contributed by atoms with Crippen molar-refractivity contribution >= 4 is 12.1 Å². The molecule has 26 heavy (non-hydrogen) atoms. The summed E-state index contributed by atoms with van der Waals surface area (Å²) in [5.74, 6) is -0.0964. The highest BCUT2D eigenvalue weighted by molar-refractivity contribution is 5.69. The molecular weight excluding hydrogens is 332 g/mol. The number of amides is 1. The van der Waals surface area contributed by atoms with Crippen LogP contribution in [0.4, 0.5) is 4.79 Å². The van der Waals surface area contributed by atoms with Gasteiger partial charge in [-0.2, -0.15) is 0 Å². The van der Waals surface area contributed by atoms with E-state index in [0.717, 1.165) is 51.6 Å². The van der Waals surface area contributed by atoms with Gasteiger partial charge in [0, 0.05) is 36.5 Å². The standard InChI is InChI=1S/C20H34N2O4/c1-5-25-16(23)7-9-20(10-11-20)21-15-6-8-19(15)12-13-22(14-19)17(24)26-18(2,3)4/h15,21H,5-14H2,1-4H3/t15?,19-/m0/s1. The SMILES string of the molecule is CCOC(=O)CCC1(NC2CC[C@@]23CCN(C(=O)OC(C)(C)C)C3)CC1. The Kier molecular flexibility index (Phi) is 5.26. The van der Waals surface area contributed by atoms with E-state index in [2.05, 4.69) is 5.32 Å². The molecule has 1 saturated heterocycles. The van der Waals surface area contributed by atoms with E-state index in [1.165, 1.54) is 0 Å². The van der Waals surface area contributed by atoms with Crippen molar-refractivity contribution in [2.24, 2.45) is 5.41 Å². The van der Waals surface area contributed by atoms with Gasteiger partial charge in [-0.25, -0.2) is 4.79 Å². The highest BCUT2D eigenvalue weighted by Crippen LogP contribution is 2.52. The summed E-state index contributed by atoms with van der Waals surface area (Å²) in [5.41, 5.74) is -0.143. The van der Waals surface area contributed by atoms with Gasteiger partial charge >= 0.3 is 12.1 Å². The molecule has 2 aliphatic carbocycles. The van der Waals surface area contributed by atoms with Crippen LogP contribution in [0.15, 0.2) is 0 Å². The number of hydrogen-bond acceptors (Lipinski definition) is 5. The number of nitrogens with one attached hydrogen (secondary N) is 1. The Morgan fingerprint density at radius 3 is 2.46 bits per heavy atom. The van der Waals surface area contributed by atoms with Gasteiger partial charge in [0.2, 0.25) is 0 Å². The Bertz CT molecular complexity index is 553. The lowest BCUT2D eigenvalue weighted by Gasteiger charge is -2.49. The Hall–Kier alpha value is -1.30. The fraction of sp³-hybridized carbons (Fsp3) is 0.900. The van der Waals surface area contributed by atoms with Crippen molar-refractivity contribution in [2.45, 2.75) is 89.8 Å². The number of rotatable bonds is 6. The minimum atomic E-state index is -0.449. The van der Waals surface area contributed by atoms with Crippen LogP contribution in [0, 0.1) is 5.41 Å². The zero-order valence-corrected chi connectivity index (χ0v) is 16.7.